The minimum atomic E-state index is -3.29. The number of carbonyl (C=O) groups excluding carboxylic acids is 1. The molecule has 0 bridgehead atoms. The molecule has 2 amide bonds. The topological polar surface area (TPSA) is 78.5 Å². The first kappa shape index (κ1) is 14.5. The van der Waals surface area contributed by atoms with Gasteiger partial charge in [-0.15, -0.1) is 0 Å². The van der Waals surface area contributed by atoms with Gasteiger partial charge < -0.3 is 10.6 Å². The summed E-state index contributed by atoms with van der Waals surface area (Å²) in [6, 6.07) is 7.56. The van der Waals surface area contributed by atoms with Gasteiger partial charge in [-0.1, -0.05) is 34.1 Å². The summed E-state index contributed by atoms with van der Waals surface area (Å²) in [7, 11) is -3.29. The van der Waals surface area contributed by atoms with Crippen LogP contribution >= 0.6 is 15.9 Å². The number of sulfonamides is 1. The smallest absolute Gasteiger partial charge is 0.315 e. The fourth-order valence-electron chi connectivity index (χ4n) is 3.37. The van der Waals surface area contributed by atoms with Crippen LogP contribution in [0.2, 0.25) is 0 Å². The quantitative estimate of drug-likeness (QED) is 0.814. The Hall–Kier alpha value is -1.12. The van der Waals surface area contributed by atoms with E-state index in [2.05, 4.69) is 26.6 Å². The molecule has 2 saturated heterocycles. The van der Waals surface area contributed by atoms with Crippen molar-refractivity contribution < 1.29 is 13.2 Å². The van der Waals surface area contributed by atoms with Crippen LogP contribution in [0, 0.1) is 0 Å². The van der Waals surface area contributed by atoms with E-state index < -0.39 is 15.6 Å². The maximum atomic E-state index is 12.7. The van der Waals surface area contributed by atoms with Crippen LogP contribution in [-0.2, 0) is 10.0 Å². The van der Waals surface area contributed by atoms with E-state index >= 15 is 0 Å². The Morgan fingerprint density at radius 1 is 1.27 bits per heavy atom. The largest absolute Gasteiger partial charge is 0.336 e. The van der Waals surface area contributed by atoms with Crippen LogP contribution in [0.3, 0.4) is 0 Å². The van der Waals surface area contributed by atoms with E-state index in [0.29, 0.717) is 26.1 Å². The monoisotopic (exact) mass is 385 g/mol. The molecular formula is C14H16BrN3O3S. The SMILES string of the molecule is O=C1NCC2(CN(S(=O)(=O)C3CC3c3ccccc3Br)C2)N1. The zero-order chi connectivity index (χ0) is 15.5. The molecule has 118 valence electrons. The molecule has 4 rings (SSSR count). The third-order valence-corrected chi connectivity index (χ3v) is 7.69. The Labute approximate surface area is 137 Å². The van der Waals surface area contributed by atoms with Crippen LogP contribution in [0.4, 0.5) is 4.79 Å². The number of halogens is 1. The Morgan fingerprint density at radius 2 is 2.00 bits per heavy atom. The highest BCUT2D eigenvalue weighted by Crippen LogP contribution is 2.50. The standard InChI is InChI=1S/C14H16BrN3O3S/c15-11-4-2-1-3-9(11)10-5-12(10)22(20,21)18-7-14(8-18)6-16-13(19)17-14/h1-4,10,12H,5-8H2,(H2,16,17,19). The van der Waals surface area contributed by atoms with Crippen LogP contribution in [0.25, 0.3) is 0 Å². The van der Waals surface area contributed by atoms with Crippen LogP contribution in [0.1, 0.15) is 17.9 Å². The molecule has 0 radical (unpaired) electrons. The molecule has 1 aliphatic carbocycles. The van der Waals surface area contributed by atoms with Gasteiger partial charge >= 0.3 is 6.03 Å². The maximum absolute atomic E-state index is 12.7. The summed E-state index contributed by atoms with van der Waals surface area (Å²) in [4.78, 5) is 11.2. The highest BCUT2D eigenvalue weighted by Gasteiger charge is 2.58. The number of amides is 2. The second-order valence-electron chi connectivity index (χ2n) is 6.30. The molecule has 1 aromatic carbocycles. The first-order chi connectivity index (χ1) is 10.4. The molecule has 2 atom stereocenters. The van der Waals surface area contributed by atoms with Crippen molar-refractivity contribution in [1.82, 2.24) is 14.9 Å². The second kappa shape index (κ2) is 4.69. The van der Waals surface area contributed by atoms with E-state index in [1.165, 1.54) is 4.31 Å². The number of hydrogen-bond donors (Lipinski definition) is 2. The van der Waals surface area contributed by atoms with Crippen molar-refractivity contribution >= 4 is 32.0 Å². The number of benzene rings is 1. The lowest BCUT2D eigenvalue weighted by molar-refractivity contribution is 0.149. The minimum absolute atomic E-state index is 0.0634. The Balaban J connectivity index is 1.46. The van der Waals surface area contributed by atoms with Gasteiger partial charge in [0.05, 0.1) is 10.8 Å². The van der Waals surface area contributed by atoms with Gasteiger partial charge in [0.1, 0.15) is 0 Å². The first-order valence-corrected chi connectivity index (χ1v) is 9.50. The fourth-order valence-corrected chi connectivity index (χ4v) is 6.20. The molecule has 2 unspecified atom stereocenters. The molecule has 2 N–H and O–H groups in total. The van der Waals surface area contributed by atoms with Crippen LogP contribution < -0.4 is 10.6 Å². The van der Waals surface area contributed by atoms with Crippen molar-refractivity contribution in [3.05, 3.63) is 34.3 Å². The van der Waals surface area contributed by atoms with E-state index in [-0.39, 0.29) is 17.2 Å². The maximum Gasteiger partial charge on any atom is 0.315 e. The lowest BCUT2D eigenvalue weighted by Crippen LogP contribution is -2.70. The van der Waals surface area contributed by atoms with E-state index in [1.54, 1.807) is 0 Å². The van der Waals surface area contributed by atoms with Gasteiger partial charge in [0.15, 0.2) is 0 Å². The average molecular weight is 386 g/mol. The minimum Gasteiger partial charge on any atom is -0.336 e. The first-order valence-electron chi connectivity index (χ1n) is 7.21. The predicted octanol–water partition coefficient (Wildman–Crippen LogP) is 1.00. The zero-order valence-electron chi connectivity index (χ0n) is 11.8. The average Bonchev–Trinajstić information content (AvgIpc) is 3.14. The molecule has 22 heavy (non-hydrogen) atoms. The van der Waals surface area contributed by atoms with Gasteiger partial charge in [-0.3, -0.25) is 0 Å². The number of rotatable bonds is 3. The number of carbonyl (C=O) groups is 1. The van der Waals surface area contributed by atoms with E-state index in [1.807, 2.05) is 24.3 Å². The van der Waals surface area contributed by atoms with Gasteiger partial charge in [0.2, 0.25) is 10.0 Å². The number of urea groups is 1. The van der Waals surface area contributed by atoms with Crippen LogP contribution in [-0.4, -0.2) is 49.2 Å². The lowest BCUT2D eigenvalue weighted by Gasteiger charge is -2.45. The molecule has 3 fully saturated rings. The number of hydrogen-bond acceptors (Lipinski definition) is 3. The Kier molecular flexibility index (Phi) is 3.08. The number of nitrogens with zero attached hydrogens (tertiary/aromatic N) is 1. The molecule has 1 spiro atoms. The lowest BCUT2D eigenvalue weighted by atomic mass is 9.94. The summed E-state index contributed by atoms with van der Waals surface area (Å²) in [5, 5.41) is 5.17. The molecule has 2 heterocycles. The van der Waals surface area contributed by atoms with Crippen molar-refractivity contribution in [3.8, 4) is 0 Å². The van der Waals surface area contributed by atoms with Gasteiger partial charge in [-0.2, -0.15) is 4.31 Å². The van der Waals surface area contributed by atoms with Crippen molar-refractivity contribution in [2.45, 2.75) is 23.1 Å². The molecule has 3 aliphatic rings. The molecule has 2 aliphatic heterocycles. The van der Waals surface area contributed by atoms with Gasteiger partial charge in [-0.05, 0) is 18.1 Å². The van der Waals surface area contributed by atoms with Crippen LogP contribution in [0.15, 0.2) is 28.7 Å². The second-order valence-corrected chi connectivity index (χ2v) is 9.31. The summed E-state index contributed by atoms with van der Waals surface area (Å²) in [6.07, 6.45) is 0.666. The van der Waals surface area contributed by atoms with Gasteiger partial charge in [0, 0.05) is 30.0 Å². The van der Waals surface area contributed by atoms with E-state index in [4.69, 9.17) is 0 Å². The van der Waals surface area contributed by atoms with E-state index in [0.717, 1.165) is 10.0 Å². The van der Waals surface area contributed by atoms with Crippen molar-refractivity contribution in [2.24, 2.45) is 0 Å². The highest BCUT2D eigenvalue weighted by atomic mass is 79.9. The summed E-state index contributed by atoms with van der Waals surface area (Å²) < 4.78 is 27.8. The van der Waals surface area contributed by atoms with Crippen molar-refractivity contribution in [2.75, 3.05) is 19.6 Å². The number of nitrogens with one attached hydrogen (secondary N) is 2. The zero-order valence-corrected chi connectivity index (χ0v) is 14.2. The molecule has 1 aromatic rings. The third-order valence-electron chi connectivity index (χ3n) is 4.70. The van der Waals surface area contributed by atoms with Crippen molar-refractivity contribution in [3.63, 3.8) is 0 Å². The van der Waals surface area contributed by atoms with Gasteiger partial charge in [0.25, 0.3) is 0 Å². The third kappa shape index (κ3) is 2.16. The molecule has 8 heteroatoms. The van der Waals surface area contributed by atoms with E-state index in [9.17, 15) is 13.2 Å². The summed E-state index contributed by atoms with van der Waals surface area (Å²) in [5.41, 5.74) is 0.657. The molecule has 1 saturated carbocycles. The van der Waals surface area contributed by atoms with Gasteiger partial charge in [-0.25, -0.2) is 13.2 Å². The summed E-state index contributed by atoms with van der Waals surface area (Å²) in [6.45, 7) is 1.23. The predicted molar refractivity (Wildman–Crippen MR) is 85.0 cm³/mol. The fraction of sp³-hybridized carbons (Fsp3) is 0.500. The van der Waals surface area contributed by atoms with Crippen molar-refractivity contribution in [1.29, 1.82) is 0 Å². The Bertz CT molecular complexity index is 745. The normalized spacial score (nSPS) is 29.8. The van der Waals surface area contributed by atoms with Crippen LogP contribution in [0.5, 0.6) is 0 Å². The molecular weight excluding hydrogens is 370 g/mol. The summed E-state index contributed by atoms with van der Waals surface area (Å²) >= 11 is 3.49. The Morgan fingerprint density at radius 3 is 2.64 bits per heavy atom. The molecule has 6 nitrogen and oxygen atoms in total. The summed E-state index contributed by atoms with van der Waals surface area (Å²) in [5.74, 6) is 0.0634. The highest BCUT2D eigenvalue weighted by molar-refractivity contribution is 9.10. The molecule has 0 aromatic heterocycles.